The van der Waals surface area contributed by atoms with E-state index in [0.29, 0.717) is 6.61 Å². The van der Waals surface area contributed by atoms with Crippen molar-refractivity contribution in [2.24, 2.45) is 0 Å². The van der Waals surface area contributed by atoms with Gasteiger partial charge in [0.05, 0.1) is 26.4 Å². The number of hydrogen-bond acceptors (Lipinski definition) is 6. The van der Waals surface area contributed by atoms with Gasteiger partial charge in [-0.1, -0.05) is 0 Å². The minimum atomic E-state index is -0.882. The molecule has 6 heteroatoms. The fourth-order valence-corrected chi connectivity index (χ4v) is 0.896. The van der Waals surface area contributed by atoms with Crippen LogP contribution in [-0.4, -0.2) is 59.3 Å². The Morgan fingerprint density at radius 2 is 1.64 bits per heavy atom. The first-order valence-corrected chi connectivity index (χ1v) is 4.55. The van der Waals surface area contributed by atoms with Crippen molar-refractivity contribution in [2.75, 3.05) is 26.4 Å². The molecule has 0 radical (unpaired) electrons. The second-order valence-electron chi connectivity index (χ2n) is 2.79. The molecule has 6 nitrogen and oxygen atoms in total. The van der Waals surface area contributed by atoms with Gasteiger partial charge in [-0.3, -0.25) is 4.84 Å². The molecule has 0 heterocycles. The third-order valence-electron chi connectivity index (χ3n) is 1.44. The van der Waals surface area contributed by atoms with E-state index < -0.39 is 12.5 Å². The summed E-state index contributed by atoms with van der Waals surface area (Å²) in [4.78, 5) is 5.04. The maximum absolute atomic E-state index is 9.15. The maximum atomic E-state index is 9.15. The number of nitrogens with zero attached hydrogens (tertiary/aromatic N) is 1. The van der Waals surface area contributed by atoms with Gasteiger partial charge < -0.3 is 20.1 Å². The van der Waals surface area contributed by atoms with Crippen molar-refractivity contribution < 1.29 is 24.9 Å². The smallest absolute Gasteiger partial charge is 0.130 e. The number of aliphatic hydroxyl groups is 3. The molecule has 0 aliphatic rings. The molecule has 0 aromatic rings. The van der Waals surface area contributed by atoms with Gasteiger partial charge in [-0.25, -0.2) is 0 Å². The fourth-order valence-electron chi connectivity index (χ4n) is 0.896. The van der Waals surface area contributed by atoms with Crippen LogP contribution in [0.2, 0.25) is 0 Å². The summed E-state index contributed by atoms with van der Waals surface area (Å²) in [5.74, 6) is 0. The van der Waals surface area contributed by atoms with Crippen LogP contribution in [0, 0.1) is 0 Å². The van der Waals surface area contributed by atoms with Gasteiger partial charge >= 0.3 is 0 Å². The quantitative estimate of drug-likeness (QED) is 0.267. The van der Waals surface area contributed by atoms with Gasteiger partial charge in [0, 0.05) is 0 Å². The van der Waals surface area contributed by atoms with Crippen molar-refractivity contribution in [3.8, 4) is 0 Å². The Labute approximate surface area is 83.6 Å². The van der Waals surface area contributed by atoms with Crippen molar-refractivity contribution in [2.45, 2.75) is 26.3 Å². The van der Waals surface area contributed by atoms with E-state index in [2.05, 4.69) is 0 Å². The highest BCUT2D eigenvalue weighted by atomic mass is 16.7. The Hall–Kier alpha value is -0.240. The maximum Gasteiger partial charge on any atom is 0.130 e. The number of hydroxylamine groups is 2. The predicted octanol–water partition coefficient (Wildman–Crippen LogP) is -1.09. The van der Waals surface area contributed by atoms with Crippen LogP contribution in [0.5, 0.6) is 0 Å². The molecular formula is C8H19NO5. The minimum absolute atomic E-state index is 0.0312. The first-order valence-electron chi connectivity index (χ1n) is 4.55. The Kier molecular flexibility index (Phi) is 7.96. The highest BCUT2D eigenvalue weighted by Gasteiger charge is 2.16. The van der Waals surface area contributed by atoms with Gasteiger partial charge in [-0.05, 0) is 13.8 Å². The second kappa shape index (κ2) is 8.10. The normalized spacial score (nSPS) is 15.9. The monoisotopic (exact) mass is 209 g/mol. The summed E-state index contributed by atoms with van der Waals surface area (Å²) in [5.41, 5.74) is 0. The molecule has 86 valence electrons. The molecule has 2 unspecified atom stereocenters. The summed E-state index contributed by atoms with van der Waals surface area (Å²) in [6.45, 7) is 3.72. The van der Waals surface area contributed by atoms with Gasteiger partial charge in [-0.15, -0.1) is 5.06 Å². The summed E-state index contributed by atoms with van der Waals surface area (Å²) in [7, 11) is 0. The lowest BCUT2D eigenvalue weighted by Gasteiger charge is -2.26. The Bertz CT molecular complexity index is 123. The van der Waals surface area contributed by atoms with Gasteiger partial charge in [0.15, 0.2) is 0 Å². The zero-order chi connectivity index (χ0) is 11.0. The molecule has 0 saturated carbocycles. The molecule has 0 spiro atoms. The number of ether oxygens (including phenoxy) is 1. The molecule has 14 heavy (non-hydrogen) atoms. The van der Waals surface area contributed by atoms with Gasteiger partial charge in [0.1, 0.15) is 12.5 Å². The summed E-state index contributed by atoms with van der Waals surface area (Å²) < 4.78 is 4.93. The minimum Gasteiger partial charge on any atom is -0.394 e. The van der Waals surface area contributed by atoms with Crippen LogP contribution in [0.15, 0.2) is 0 Å². The van der Waals surface area contributed by atoms with Crippen LogP contribution in [0.4, 0.5) is 0 Å². The van der Waals surface area contributed by atoms with Crippen molar-refractivity contribution in [1.29, 1.82) is 0 Å². The lowest BCUT2D eigenvalue weighted by atomic mass is 10.5. The lowest BCUT2D eigenvalue weighted by Crippen LogP contribution is -2.40. The number of aliphatic hydroxyl groups excluding tert-OH is 3. The summed E-state index contributed by atoms with van der Waals surface area (Å²) in [6.07, 6.45) is -1.76. The molecule has 2 atom stereocenters. The molecule has 3 N–H and O–H groups in total. The predicted molar refractivity (Wildman–Crippen MR) is 49.1 cm³/mol. The Balaban J connectivity index is 3.52. The molecule has 0 aromatic heterocycles. The average molecular weight is 209 g/mol. The van der Waals surface area contributed by atoms with Crippen molar-refractivity contribution >= 4 is 0 Å². The van der Waals surface area contributed by atoms with E-state index in [-0.39, 0.29) is 19.8 Å². The van der Waals surface area contributed by atoms with Crippen LogP contribution in [0.3, 0.4) is 0 Å². The van der Waals surface area contributed by atoms with E-state index in [4.69, 9.17) is 24.9 Å². The first kappa shape index (κ1) is 13.8. The van der Waals surface area contributed by atoms with Crippen LogP contribution in [0.1, 0.15) is 13.8 Å². The van der Waals surface area contributed by atoms with E-state index in [1.54, 1.807) is 0 Å². The molecule has 0 saturated heterocycles. The van der Waals surface area contributed by atoms with E-state index in [1.165, 1.54) is 13.8 Å². The second-order valence-corrected chi connectivity index (χ2v) is 2.79. The van der Waals surface area contributed by atoms with Crippen LogP contribution >= 0.6 is 0 Å². The SMILES string of the molecule is CC(O)N(OCCOCCO)C(C)O. The number of rotatable bonds is 8. The third kappa shape index (κ3) is 6.25. The molecule has 0 bridgehead atoms. The van der Waals surface area contributed by atoms with Crippen LogP contribution < -0.4 is 0 Å². The van der Waals surface area contributed by atoms with Crippen LogP contribution in [-0.2, 0) is 9.57 Å². The van der Waals surface area contributed by atoms with Gasteiger partial charge in [0.25, 0.3) is 0 Å². The molecule has 0 rings (SSSR count). The number of hydrogen-bond donors (Lipinski definition) is 3. The van der Waals surface area contributed by atoms with Crippen molar-refractivity contribution in [3.05, 3.63) is 0 Å². The summed E-state index contributed by atoms with van der Waals surface area (Å²) in [6, 6.07) is 0. The third-order valence-corrected chi connectivity index (χ3v) is 1.44. The van der Waals surface area contributed by atoms with Gasteiger partial charge in [0.2, 0.25) is 0 Å². The molecule has 0 amide bonds. The Morgan fingerprint density at radius 3 is 2.07 bits per heavy atom. The largest absolute Gasteiger partial charge is 0.394 e. The molecule has 0 aromatic carbocycles. The highest BCUT2D eigenvalue weighted by Crippen LogP contribution is 2.01. The first-order chi connectivity index (χ1) is 6.59. The van der Waals surface area contributed by atoms with E-state index in [1.807, 2.05) is 0 Å². The molecule has 0 fully saturated rings. The lowest BCUT2D eigenvalue weighted by molar-refractivity contribution is -0.295. The van der Waals surface area contributed by atoms with Crippen molar-refractivity contribution in [3.63, 3.8) is 0 Å². The topological polar surface area (TPSA) is 82.4 Å². The highest BCUT2D eigenvalue weighted by molar-refractivity contribution is 4.45. The molecule has 0 aliphatic carbocycles. The fraction of sp³-hybridized carbons (Fsp3) is 1.00. The standard InChI is InChI=1S/C8H19NO5/c1-7(11)9(8(2)12)14-6-5-13-4-3-10/h7-8,10-12H,3-6H2,1-2H3. The van der Waals surface area contributed by atoms with Gasteiger partial charge in [-0.2, -0.15) is 0 Å². The van der Waals surface area contributed by atoms with E-state index in [0.717, 1.165) is 5.06 Å². The van der Waals surface area contributed by atoms with Crippen LogP contribution in [0.25, 0.3) is 0 Å². The molecule has 0 aliphatic heterocycles. The zero-order valence-electron chi connectivity index (χ0n) is 8.59. The van der Waals surface area contributed by atoms with Crippen molar-refractivity contribution in [1.82, 2.24) is 5.06 Å². The Morgan fingerprint density at radius 1 is 1.07 bits per heavy atom. The summed E-state index contributed by atoms with van der Waals surface area (Å²) in [5, 5.41) is 27.7. The van der Waals surface area contributed by atoms with E-state index in [9.17, 15) is 0 Å². The zero-order valence-corrected chi connectivity index (χ0v) is 8.59. The average Bonchev–Trinajstić information content (AvgIpc) is 2.09. The molecular weight excluding hydrogens is 190 g/mol. The summed E-state index contributed by atoms with van der Waals surface area (Å²) >= 11 is 0. The van der Waals surface area contributed by atoms with E-state index >= 15 is 0 Å².